The molecule has 0 fully saturated rings. The summed E-state index contributed by atoms with van der Waals surface area (Å²) in [5.41, 5.74) is 3.77. The van der Waals surface area contributed by atoms with Gasteiger partial charge in [-0.15, -0.1) is 11.3 Å². The number of hydrogen-bond acceptors (Lipinski definition) is 5. The molecule has 4 nitrogen and oxygen atoms in total. The number of pyridine rings is 1. The molecule has 1 atom stereocenters. The first-order valence-electron chi connectivity index (χ1n) is 4.94. The van der Waals surface area contributed by atoms with Gasteiger partial charge in [0.05, 0.1) is 19.3 Å². The molecule has 6 heteroatoms. The van der Waals surface area contributed by atoms with E-state index in [9.17, 15) is 0 Å². The van der Waals surface area contributed by atoms with Crippen molar-refractivity contribution in [2.45, 2.75) is 6.04 Å². The number of nitrogens with two attached hydrogens (primary N) is 1. The van der Waals surface area contributed by atoms with E-state index in [4.69, 9.17) is 10.6 Å². The molecule has 0 aromatic carbocycles. The van der Waals surface area contributed by atoms with Crippen LogP contribution < -0.4 is 16.0 Å². The number of nitrogens with zero attached hydrogens (tertiary/aromatic N) is 1. The fraction of sp³-hybridized carbons (Fsp3) is 0.182. The normalized spacial score (nSPS) is 12.4. The first-order valence-corrected chi connectivity index (χ1v) is 6.61. The van der Waals surface area contributed by atoms with Crippen LogP contribution in [0.15, 0.2) is 34.4 Å². The predicted octanol–water partition coefficient (Wildman–Crippen LogP) is 2.47. The van der Waals surface area contributed by atoms with E-state index in [1.807, 2.05) is 17.5 Å². The van der Waals surface area contributed by atoms with Gasteiger partial charge in [-0.2, -0.15) is 0 Å². The van der Waals surface area contributed by atoms with E-state index in [1.54, 1.807) is 30.8 Å². The lowest BCUT2D eigenvalue weighted by molar-refractivity contribution is 0.411. The molecule has 3 N–H and O–H groups in total. The monoisotopic (exact) mass is 313 g/mol. The molecular formula is C11H12BrN3OS. The molecule has 1 unspecified atom stereocenters. The van der Waals surface area contributed by atoms with Crippen molar-refractivity contribution >= 4 is 27.3 Å². The van der Waals surface area contributed by atoms with Gasteiger partial charge in [0.25, 0.3) is 0 Å². The zero-order valence-corrected chi connectivity index (χ0v) is 11.6. The van der Waals surface area contributed by atoms with Crippen molar-refractivity contribution in [2.75, 3.05) is 7.11 Å². The average molecular weight is 314 g/mol. The molecule has 2 heterocycles. The minimum Gasteiger partial charge on any atom is -0.495 e. The number of ether oxygens (including phenoxy) is 1. The Balaban J connectivity index is 2.38. The summed E-state index contributed by atoms with van der Waals surface area (Å²) >= 11 is 5.14. The summed E-state index contributed by atoms with van der Waals surface area (Å²) in [5.74, 6) is 6.34. The Morgan fingerprint density at radius 1 is 1.53 bits per heavy atom. The largest absolute Gasteiger partial charge is 0.495 e. The van der Waals surface area contributed by atoms with Crippen LogP contribution in [0.3, 0.4) is 0 Å². The second-order valence-electron chi connectivity index (χ2n) is 3.39. The molecule has 0 aliphatic carbocycles. The number of aromatic nitrogens is 1. The van der Waals surface area contributed by atoms with Gasteiger partial charge in [0.1, 0.15) is 5.75 Å². The van der Waals surface area contributed by atoms with Crippen LogP contribution in [0.4, 0.5) is 0 Å². The number of halogens is 1. The number of hydrogen-bond donors (Lipinski definition) is 2. The summed E-state index contributed by atoms with van der Waals surface area (Å²) < 4.78 is 6.19. The molecule has 90 valence electrons. The van der Waals surface area contributed by atoms with E-state index in [0.29, 0.717) is 0 Å². The standard InChI is InChI=1S/C11H12BrN3OS/c1-16-8-4-7(5-14-6-8)10(15-13)11-9(12)2-3-17-11/h2-6,10,15H,13H2,1H3. The smallest absolute Gasteiger partial charge is 0.137 e. The molecule has 0 aliphatic heterocycles. The van der Waals surface area contributed by atoms with E-state index in [0.717, 1.165) is 20.7 Å². The summed E-state index contributed by atoms with van der Waals surface area (Å²) in [6.07, 6.45) is 3.44. The van der Waals surface area contributed by atoms with Crippen molar-refractivity contribution in [1.82, 2.24) is 10.4 Å². The summed E-state index contributed by atoms with van der Waals surface area (Å²) in [4.78, 5) is 5.25. The van der Waals surface area contributed by atoms with Crippen molar-refractivity contribution in [3.63, 3.8) is 0 Å². The van der Waals surface area contributed by atoms with Crippen LogP contribution in [-0.2, 0) is 0 Å². The first-order chi connectivity index (χ1) is 8.26. The predicted molar refractivity (Wildman–Crippen MR) is 72.0 cm³/mol. The lowest BCUT2D eigenvalue weighted by Crippen LogP contribution is -2.28. The molecule has 2 rings (SSSR count). The molecular weight excluding hydrogens is 302 g/mol. The topological polar surface area (TPSA) is 60.2 Å². The molecule has 0 amide bonds. The van der Waals surface area contributed by atoms with Crippen LogP contribution in [0.2, 0.25) is 0 Å². The first kappa shape index (κ1) is 12.5. The Labute approximate surface area is 112 Å². The van der Waals surface area contributed by atoms with Gasteiger partial charge in [-0.25, -0.2) is 5.43 Å². The van der Waals surface area contributed by atoms with Gasteiger partial charge in [-0.3, -0.25) is 10.8 Å². The minimum atomic E-state index is -0.0908. The third-order valence-electron chi connectivity index (χ3n) is 2.38. The summed E-state index contributed by atoms with van der Waals surface area (Å²) in [7, 11) is 1.62. The maximum Gasteiger partial charge on any atom is 0.137 e. The van der Waals surface area contributed by atoms with Crippen molar-refractivity contribution in [3.8, 4) is 5.75 Å². The van der Waals surface area contributed by atoms with E-state index < -0.39 is 0 Å². The number of methoxy groups -OCH3 is 1. The summed E-state index contributed by atoms with van der Waals surface area (Å²) in [5, 5.41) is 2.01. The quantitative estimate of drug-likeness (QED) is 0.672. The van der Waals surface area contributed by atoms with Crippen molar-refractivity contribution in [1.29, 1.82) is 0 Å². The lowest BCUT2D eigenvalue weighted by Gasteiger charge is -2.15. The average Bonchev–Trinajstić information content (AvgIpc) is 2.77. The van der Waals surface area contributed by atoms with E-state index >= 15 is 0 Å². The highest BCUT2D eigenvalue weighted by atomic mass is 79.9. The van der Waals surface area contributed by atoms with Gasteiger partial charge in [0.2, 0.25) is 0 Å². The van der Waals surface area contributed by atoms with Gasteiger partial charge >= 0.3 is 0 Å². The third kappa shape index (κ3) is 2.66. The fourth-order valence-corrected chi connectivity index (χ4v) is 3.23. The van der Waals surface area contributed by atoms with Crippen molar-refractivity contribution < 1.29 is 4.74 Å². The molecule has 0 spiro atoms. The second-order valence-corrected chi connectivity index (χ2v) is 5.19. The van der Waals surface area contributed by atoms with Gasteiger partial charge in [-0.1, -0.05) is 0 Å². The highest BCUT2D eigenvalue weighted by Gasteiger charge is 2.17. The van der Waals surface area contributed by atoms with Crippen LogP contribution in [0, 0.1) is 0 Å². The van der Waals surface area contributed by atoms with E-state index in [-0.39, 0.29) is 6.04 Å². The molecule has 0 bridgehead atoms. The lowest BCUT2D eigenvalue weighted by atomic mass is 10.1. The van der Waals surface area contributed by atoms with Crippen LogP contribution in [0.5, 0.6) is 5.75 Å². The molecule has 17 heavy (non-hydrogen) atoms. The summed E-state index contributed by atoms with van der Waals surface area (Å²) in [6, 6.07) is 3.83. The third-order valence-corrected chi connectivity index (χ3v) is 4.31. The molecule has 2 aromatic rings. The highest BCUT2D eigenvalue weighted by molar-refractivity contribution is 9.10. The summed E-state index contributed by atoms with van der Waals surface area (Å²) in [6.45, 7) is 0. The number of thiophene rings is 1. The van der Waals surface area contributed by atoms with Crippen molar-refractivity contribution in [3.05, 3.63) is 44.8 Å². The molecule has 0 saturated carbocycles. The Hall–Kier alpha value is -0.950. The van der Waals surface area contributed by atoms with Crippen LogP contribution >= 0.6 is 27.3 Å². The number of hydrazine groups is 1. The molecule has 0 saturated heterocycles. The second kappa shape index (κ2) is 5.59. The van der Waals surface area contributed by atoms with Crippen LogP contribution in [0.25, 0.3) is 0 Å². The number of rotatable bonds is 4. The molecule has 0 aliphatic rings. The van der Waals surface area contributed by atoms with Gasteiger partial charge in [-0.05, 0) is 39.0 Å². The molecule has 2 aromatic heterocycles. The molecule has 0 radical (unpaired) electrons. The van der Waals surface area contributed by atoms with Crippen molar-refractivity contribution in [2.24, 2.45) is 5.84 Å². The van der Waals surface area contributed by atoms with Gasteiger partial charge in [0, 0.05) is 15.5 Å². The fourth-order valence-electron chi connectivity index (χ4n) is 1.54. The van der Waals surface area contributed by atoms with Crippen LogP contribution in [-0.4, -0.2) is 12.1 Å². The maximum atomic E-state index is 5.62. The Morgan fingerprint density at radius 2 is 2.35 bits per heavy atom. The SMILES string of the molecule is COc1cncc(C(NN)c2sccc2Br)c1. The van der Waals surface area contributed by atoms with Crippen LogP contribution in [0.1, 0.15) is 16.5 Å². The van der Waals surface area contributed by atoms with E-state index in [1.165, 1.54) is 0 Å². The van der Waals surface area contributed by atoms with E-state index in [2.05, 4.69) is 26.3 Å². The highest BCUT2D eigenvalue weighted by Crippen LogP contribution is 2.33. The zero-order valence-electron chi connectivity index (χ0n) is 9.18. The Morgan fingerprint density at radius 3 is 2.94 bits per heavy atom. The maximum absolute atomic E-state index is 5.62. The Bertz CT molecular complexity index is 503. The zero-order chi connectivity index (χ0) is 12.3. The van der Waals surface area contributed by atoms with Gasteiger partial charge in [0.15, 0.2) is 0 Å². The van der Waals surface area contributed by atoms with Gasteiger partial charge < -0.3 is 4.74 Å². The Kier molecular flexibility index (Phi) is 4.11. The minimum absolute atomic E-state index is 0.0908. The number of nitrogens with one attached hydrogen (secondary N) is 1.